The van der Waals surface area contributed by atoms with Gasteiger partial charge in [-0.1, -0.05) is 6.92 Å². The average molecular weight is 213 g/mol. The summed E-state index contributed by atoms with van der Waals surface area (Å²) in [5, 5.41) is 3.47. The van der Waals surface area contributed by atoms with E-state index in [0.717, 1.165) is 6.54 Å². The van der Waals surface area contributed by atoms with Crippen molar-refractivity contribution in [2.24, 2.45) is 0 Å². The maximum atomic E-state index is 5.04. The first-order valence-electron chi connectivity index (χ1n) is 5.17. The van der Waals surface area contributed by atoms with Gasteiger partial charge < -0.3 is 9.73 Å². The molecule has 0 aromatic carbocycles. The summed E-state index contributed by atoms with van der Waals surface area (Å²) in [5.41, 5.74) is 1.23. The summed E-state index contributed by atoms with van der Waals surface area (Å²) in [5.74, 6) is 2.47. The summed E-state index contributed by atoms with van der Waals surface area (Å²) in [6.07, 6.45) is 4.76. The van der Waals surface area contributed by atoms with E-state index in [-0.39, 0.29) is 0 Å². The molecule has 0 bridgehead atoms. The highest BCUT2D eigenvalue weighted by Gasteiger charge is 2.04. The van der Waals surface area contributed by atoms with Crippen molar-refractivity contribution in [3.05, 3.63) is 24.2 Å². The van der Waals surface area contributed by atoms with E-state index in [9.17, 15) is 0 Å². The van der Waals surface area contributed by atoms with Crippen LogP contribution in [0.1, 0.15) is 31.9 Å². The van der Waals surface area contributed by atoms with E-state index in [2.05, 4.69) is 19.2 Å². The molecule has 1 rings (SSSR count). The third-order valence-corrected chi connectivity index (χ3v) is 3.15. The third kappa shape index (κ3) is 4.20. The SMILES string of the molecule is CCSCCCNC(C)c1ccoc1. The van der Waals surface area contributed by atoms with Crippen LogP contribution in [0.4, 0.5) is 0 Å². The zero-order valence-corrected chi connectivity index (χ0v) is 9.77. The molecule has 0 amide bonds. The monoisotopic (exact) mass is 213 g/mol. The van der Waals surface area contributed by atoms with Gasteiger partial charge in [-0.25, -0.2) is 0 Å². The van der Waals surface area contributed by atoms with Gasteiger partial charge in [-0.15, -0.1) is 0 Å². The maximum absolute atomic E-state index is 5.04. The topological polar surface area (TPSA) is 25.2 Å². The minimum Gasteiger partial charge on any atom is -0.472 e. The number of hydrogen-bond donors (Lipinski definition) is 1. The normalized spacial score (nSPS) is 13.0. The van der Waals surface area contributed by atoms with Gasteiger partial charge in [0.05, 0.1) is 12.5 Å². The molecule has 0 saturated heterocycles. The second-order valence-corrected chi connectivity index (χ2v) is 4.68. The van der Waals surface area contributed by atoms with Gasteiger partial charge in [-0.05, 0) is 37.5 Å². The summed E-state index contributed by atoms with van der Waals surface area (Å²) in [4.78, 5) is 0. The molecule has 3 heteroatoms. The van der Waals surface area contributed by atoms with E-state index < -0.39 is 0 Å². The van der Waals surface area contributed by atoms with Crippen molar-refractivity contribution in [3.63, 3.8) is 0 Å². The highest BCUT2D eigenvalue weighted by atomic mass is 32.2. The smallest absolute Gasteiger partial charge is 0.0950 e. The Morgan fingerprint density at radius 3 is 3.07 bits per heavy atom. The number of furan rings is 1. The highest BCUT2D eigenvalue weighted by molar-refractivity contribution is 7.99. The number of rotatable bonds is 7. The Bertz CT molecular complexity index is 223. The molecule has 0 aliphatic carbocycles. The first kappa shape index (κ1) is 11.7. The lowest BCUT2D eigenvalue weighted by molar-refractivity contribution is 0.538. The van der Waals surface area contributed by atoms with Crippen molar-refractivity contribution in [1.29, 1.82) is 0 Å². The van der Waals surface area contributed by atoms with Gasteiger partial charge in [-0.3, -0.25) is 0 Å². The molecule has 1 unspecified atom stereocenters. The largest absolute Gasteiger partial charge is 0.472 e. The number of hydrogen-bond acceptors (Lipinski definition) is 3. The maximum Gasteiger partial charge on any atom is 0.0950 e. The molecule has 80 valence electrons. The van der Waals surface area contributed by atoms with Gasteiger partial charge in [0.15, 0.2) is 0 Å². The molecule has 1 N–H and O–H groups in total. The first-order chi connectivity index (χ1) is 6.84. The fourth-order valence-electron chi connectivity index (χ4n) is 1.28. The van der Waals surface area contributed by atoms with E-state index in [4.69, 9.17) is 4.42 Å². The van der Waals surface area contributed by atoms with E-state index >= 15 is 0 Å². The van der Waals surface area contributed by atoms with E-state index in [1.807, 2.05) is 17.8 Å². The van der Waals surface area contributed by atoms with Crippen molar-refractivity contribution in [3.8, 4) is 0 Å². The van der Waals surface area contributed by atoms with Crippen molar-refractivity contribution in [1.82, 2.24) is 5.32 Å². The van der Waals surface area contributed by atoms with Crippen molar-refractivity contribution in [2.45, 2.75) is 26.3 Å². The summed E-state index contributed by atoms with van der Waals surface area (Å²) >= 11 is 2.00. The zero-order chi connectivity index (χ0) is 10.2. The molecule has 1 heterocycles. The molecule has 1 aromatic rings. The Kier molecular flexibility index (Phi) is 5.80. The van der Waals surface area contributed by atoms with Crippen LogP contribution in [-0.4, -0.2) is 18.1 Å². The van der Waals surface area contributed by atoms with E-state index in [1.54, 1.807) is 12.5 Å². The van der Waals surface area contributed by atoms with Crippen LogP contribution < -0.4 is 5.32 Å². The van der Waals surface area contributed by atoms with Gasteiger partial charge >= 0.3 is 0 Å². The van der Waals surface area contributed by atoms with Crippen LogP contribution in [0, 0.1) is 0 Å². The first-order valence-corrected chi connectivity index (χ1v) is 6.33. The molecule has 2 nitrogen and oxygen atoms in total. The second-order valence-electron chi connectivity index (χ2n) is 3.28. The predicted octanol–water partition coefficient (Wildman–Crippen LogP) is 3.07. The fourth-order valence-corrected chi connectivity index (χ4v) is 1.91. The van der Waals surface area contributed by atoms with Gasteiger partial charge in [0, 0.05) is 11.6 Å². The Balaban J connectivity index is 2.07. The van der Waals surface area contributed by atoms with Crippen LogP contribution in [0.15, 0.2) is 23.0 Å². The van der Waals surface area contributed by atoms with Gasteiger partial charge in [0.25, 0.3) is 0 Å². The number of nitrogens with one attached hydrogen (secondary N) is 1. The minimum atomic E-state index is 0.403. The Morgan fingerprint density at radius 1 is 1.57 bits per heavy atom. The summed E-state index contributed by atoms with van der Waals surface area (Å²) in [6, 6.07) is 2.42. The predicted molar refractivity (Wildman–Crippen MR) is 62.7 cm³/mol. The second kappa shape index (κ2) is 6.96. The van der Waals surface area contributed by atoms with Crippen LogP contribution >= 0.6 is 11.8 Å². The Hall–Kier alpha value is -0.410. The highest BCUT2D eigenvalue weighted by Crippen LogP contribution is 2.12. The van der Waals surface area contributed by atoms with Crippen LogP contribution in [0.3, 0.4) is 0 Å². The van der Waals surface area contributed by atoms with Crippen molar-refractivity contribution in [2.75, 3.05) is 18.1 Å². The fraction of sp³-hybridized carbons (Fsp3) is 0.636. The van der Waals surface area contributed by atoms with E-state index in [0.29, 0.717) is 6.04 Å². The van der Waals surface area contributed by atoms with Crippen LogP contribution in [0.5, 0.6) is 0 Å². The summed E-state index contributed by atoms with van der Waals surface area (Å²) in [6.45, 7) is 5.45. The Labute approximate surface area is 90.5 Å². The summed E-state index contributed by atoms with van der Waals surface area (Å²) < 4.78 is 5.04. The zero-order valence-electron chi connectivity index (χ0n) is 8.95. The van der Waals surface area contributed by atoms with Crippen LogP contribution in [0.2, 0.25) is 0 Å². The minimum absolute atomic E-state index is 0.403. The molecule has 1 aromatic heterocycles. The molecule has 0 radical (unpaired) electrons. The molecule has 0 aliphatic rings. The quantitative estimate of drug-likeness (QED) is 0.705. The molecule has 0 fully saturated rings. The Morgan fingerprint density at radius 2 is 2.43 bits per heavy atom. The van der Waals surface area contributed by atoms with Gasteiger partial charge in [-0.2, -0.15) is 11.8 Å². The standard InChI is InChI=1S/C11H19NOS/c1-3-14-8-4-6-12-10(2)11-5-7-13-9-11/h5,7,9-10,12H,3-4,6,8H2,1-2H3. The molecule has 0 saturated carbocycles. The van der Waals surface area contributed by atoms with Crippen LogP contribution in [-0.2, 0) is 0 Å². The van der Waals surface area contributed by atoms with Gasteiger partial charge in [0.2, 0.25) is 0 Å². The van der Waals surface area contributed by atoms with Crippen molar-refractivity contribution < 1.29 is 4.42 Å². The molecule has 0 spiro atoms. The van der Waals surface area contributed by atoms with Crippen molar-refractivity contribution >= 4 is 11.8 Å². The molecule has 14 heavy (non-hydrogen) atoms. The lowest BCUT2D eigenvalue weighted by Gasteiger charge is -2.11. The number of thioether (sulfide) groups is 1. The lowest BCUT2D eigenvalue weighted by atomic mass is 10.2. The van der Waals surface area contributed by atoms with E-state index in [1.165, 1.54) is 23.5 Å². The lowest BCUT2D eigenvalue weighted by Crippen LogP contribution is -2.19. The summed E-state index contributed by atoms with van der Waals surface area (Å²) in [7, 11) is 0. The molecule has 0 aliphatic heterocycles. The molecule has 1 atom stereocenters. The molecular weight excluding hydrogens is 194 g/mol. The average Bonchev–Trinajstić information content (AvgIpc) is 2.70. The molecular formula is C11H19NOS. The van der Waals surface area contributed by atoms with Gasteiger partial charge in [0.1, 0.15) is 0 Å². The third-order valence-electron chi connectivity index (χ3n) is 2.16. The van der Waals surface area contributed by atoms with Crippen LogP contribution in [0.25, 0.3) is 0 Å².